The number of hydrogen-bond acceptors (Lipinski definition) is 12. The second-order valence-corrected chi connectivity index (χ2v) is 28.0. The number of aryl methyl sites for hydroxylation is 6. The van der Waals surface area contributed by atoms with Crippen LogP contribution in [0.15, 0.2) is 182 Å². The van der Waals surface area contributed by atoms with E-state index in [1.165, 1.54) is 0 Å². The number of nitrogens with one attached hydrogen (secondary N) is 6. The highest BCUT2D eigenvalue weighted by Crippen LogP contribution is 2.31. The third kappa shape index (κ3) is 18.4. The van der Waals surface area contributed by atoms with Crippen LogP contribution in [0.3, 0.4) is 0 Å². The maximum Gasteiger partial charge on any atom is 0.251 e. The van der Waals surface area contributed by atoms with Gasteiger partial charge >= 0.3 is 0 Å². The zero-order valence-electron chi connectivity index (χ0n) is 62.3. The number of nitrogens with zero attached hydrogens (tertiary/aromatic N) is 6. The van der Waals surface area contributed by atoms with Gasteiger partial charge in [-0.25, -0.2) is 15.0 Å². The molecule has 108 heavy (non-hydrogen) atoms. The lowest BCUT2D eigenvalue weighted by atomic mass is 10.0. The van der Waals surface area contributed by atoms with Gasteiger partial charge in [0.05, 0.1) is 0 Å². The number of para-hydroxylation sites is 3. The summed E-state index contributed by atoms with van der Waals surface area (Å²) >= 11 is 0. The number of carbonyl (C=O) groups excluding carboxylic acids is 3. The van der Waals surface area contributed by atoms with Crippen molar-refractivity contribution in [1.82, 2.24) is 30.9 Å². The number of nitrogens with two attached hydrogens (primary N) is 3. The average molecular weight is 1510 g/mol. The van der Waals surface area contributed by atoms with Crippen molar-refractivity contribution < 1.29 is 65.3 Å². The fraction of sp³-hybridized carbons (Fsp3) is 0.276. The molecule has 3 amide bonds. The quantitative estimate of drug-likeness (QED) is 0.0102. The Morgan fingerprint density at radius 1 is 0.287 bits per heavy atom. The van der Waals surface area contributed by atoms with Crippen molar-refractivity contribution in [2.24, 2.45) is 0 Å². The van der Waals surface area contributed by atoms with Crippen molar-refractivity contribution in [2.45, 2.75) is 119 Å². The predicted molar refractivity (Wildman–Crippen MR) is 428 cm³/mol. The van der Waals surface area contributed by atoms with Gasteiger partial charge in [-0.3, -0.25) is 14.4 Å². The number of unbranched alkanes of at least 4 members (excludes halogenated alkanes) is 9. The van der Waals surface area contributed by atoms with Crippen LogP contribution in [0.1, 0.15) is 142 Å². The SMILES string of the molecule is Cc1cc2nc3cc(C)c(NCCCCCCNC(=O)c4cc(C(=O)NCCCCCCNc5cc6c(cc5C)nc5cc(C)c(N)cc5[n+]6-c5ccccc5)cc(C(=O)NCCCCCCNc5cc6c(cc5C)nc5cc(C)c(N)cc5[n+]6-c5ccccc5)c4)cc3[n+](-c3ccccc3)c2cc1N.[Cl-].[Cl-].[Cl-]. The van der Waals surface area contributed by atoms with Crippen molar-refractivity contribution in [3.63, 3.8) is 0 Å². The topological polar surface area (TPSA) is 252 Å². The second-order valence-electron chi connectivity index (χ2n) is 28.0. The first kappa shape index (κ1) is 79.6. The van der Waals surface area contributed by atoms with Crippen LogP contribution in [0.25, 0.3) is 83.3 Å². The molecule has 10 aromatic carbocycles. The summed E-state index contributed by atoms with van der Waals surface area (Å²) in [5, 5.41) is 20.3. The normalized spacial score (nSPS) is 11.2. The number of amides is 3. The Morgan fingerprint density at radius 2 is 0.509 bits per heavy atom. The van der Waals surface area contributed by atoms with Crippen molar-refractivity contribution >= 4 is 118 Å². The fourth-order valence-electron chi connectivity index (χ4n) is 14.1. The highest BCUT2D eigenvalue weighted by molar-refractivity contribution is 6.05. The molecule has 0 fully saturated rings. The molecule has 0 saturated heterocycles. The van der Waals surface area contributed by atoms with E-state index in [2.05, 4.69) is 157 Å². The Kier molecular flexibility index (Phi) is 27.0. The molecule has 13 aromatic rings. The monoisotopic (exact) mass is 1500 g/mol. The van der Waals surface area contributed by atoms with Gasteiger partial charge in [-0.2, -0.15) is 0 Å². The molecule has 0 aliphatic rings. The summed E-state index contributed by atoms with van der Waals surface area (Å²) < 4.78 is 6.71. The first-order valence-corrected chi connectivity index (χ1v) is 37.1. The van der Waals surface area contributed by atoms with E-state index in [1.807, 2.05) is 93.6 Å². The van der Waals surface area contributed by atoms with Gasteiger partial charge in [0.25, 0.3) is 17.7 Å². The van der Waals surface area contributed by atoms with E-state index in [0.717, 1.165) is 247 Å². The standard InChI is InChI=1S/C87H93N15O3.3ClH/c1-55-40-73-79(49-67(55)88)100(64-28-16-13-17-29-64)82-52-70(58(4)43-76(82)97-73)91-34-22-7-10-25-37-94-85(103)61-46-62(86(104)95-38-26-11-8-23-35-92-71-53-83-77(44-59(71)5)98-74-41-56(2)68(89)50-80(74)101(83)65-30-18-14-19-31-65)48-63(47-61)87(105)96-39-27-12-9-24-36-93-72-54-84-78(45-60(72)6)99-75-42-57(3)69(90)51-81(75)102(84)66-32-20-15-21-33-66;;;/h13-21,28-33,40-54H,7-12,22-27,34-39H2,1-6H3,(H9,88,89,90,91,92,93,94,95,96,103,104,105);3*1H. The maximum absolute atomic E-state index is 14.0. The number of nitrogen functional groups attached to an aromatic ring is 3. The lowest BCUT2D eigenvalue weighted by Gasteiger charge is -2.13. The molecule has 0 radical (unpaired) electrons. The maximum atomic E-state index is 14.0. The van der Waals surface area contributed by atoms with Gasteiger partial charge in [-0.15, -0.1) is 13.7 Å². The fourth-order valence-corrected chi connectivity index (χ4v) is 14.1. The zero-order chi connectivity index (χ0) is 73.1. The number of halogens is 3. The highest BCUT2D eigenvalue weighted by Gasteiger charge is 2.27. The van der Waals surface area contributed by atoms with Gasteiger partial charge in [-0.05, 0) is 168 Å². The molecule has 3 aromatic heterocycles. The Bertz CT molecular complexity index is 4880. The largest absolute Gasteiger partial charge is 1.00 e. The minimum Gasteiger partial charge on any atom is -1.00 e. The van der Waals surface area contributed by atoms with E-state index in [-0.39, 0.29) is 71.6 Å². The Hall–Kier alpha value is -10.9. The third-order valence-corrected chi connectivity index (χ3v) is 20.1. The molecule has 13 rings (SSSR count). The van der Waals surface area contributed by atoms with Gasteiger partial charge in [0.1, 0.15) is 33.1 Å². The molecule has 0 spiro atoms. The molecule has 21 heteroatoms. The molecular formula is C87H96Cl3N15O3. The molecule has 558 valence electrons. The lowest BCUT2D eigenvalue weighted by molar-refractivity contribution is -0.538. The van der Waals surface area contributed by atoms with Crippen LogP contribution in [0.4, 0.5) is 34.1 Å². The Morgan fingerprint density at radius 3 is 0.759 bits per heavy atom. The van der Waals surface area contributed by atoms with Gasteiger partial charge in [-0.1, -0.05) is 93.1 Å². The molecule has 18 nitrogen and oxygen atoms in total. The van der Waals surface area contributed by atoms with Crippen LogP contribution >= 0.6 is 0 Å². The van der Waals surface area contributed by atoms with Crippen LogP contribution in [0.2, 0.25) is 0 Å². The first-order valence-electron chi connectivity index (χ1n) is 37.1. The zero-order valence-corrected chi connectivity index (χ0v) is 64.6. The number of fused-ring (bicyclic) bond motifs is 6. The molecule has 12 N–H and O–H groups in total. The van der Waals surface area contributed by atoms with Gasteiger partial charge < -0.3 is 86.3 Å². The molecule has 0 aliphatic heterocycles. The van der Waals surface area contributed by atoms with Crippen LogP contribution in [-0.2, 0) is 0 Å². The number of benzene rings is 10. The Labute approximate surface area is 650 Å². The summed E-state index contributed by atoms with van der Waals surface area (Å²) in [5.41, 5.74) is 46.1. The summed E-state index contributed by atoms with van der Waals surface area (Å²) in [4.78, 5) is 57.2. The molecule has 0 atom stereocenters. The summed E-state index contributed by atoms with van der Waals surface area (Å²) in [6, 6.07) is 60.9. The van der Waals surface area contributed by atoms with Gasteiger partial charge in [0, 0.05) is 163 Å². The number of rotatable bonds is 30. The van der Waals surface area contributed by atoms with E-state index in [1.54, 1.807) is 18.2 Å². The van der Waals surface area contributed by atoms with Crippen molar-refractivity contribution in [3.8, 4) is 17.1 Å². The number of carbonyl (C=O) groups is 3. The van der Waals surface area contributed by atoms with E-state index in [9.17, 15) is 14.4 Å². The van der Waals surface area contributed by atoms with E-state index < -0.39 is 0 Å². The second kappa shape index (κ2) is 36.6. The summed E-state index contributed by atoms with van der Waals surface area (Å²) in [5.74, 6) is -0.996. The highest BCUT2D eigenvalue weighted by atomic mass is 35.5. The summed E-state index contributed by atoms with van der Waals surface area (Å²) in [6.07, 6.45) is 10.7. The number of anilines is 6. The molecule has 0 unspecified atom stereocenters. The van der Waals surface area contributed by atoms with E-state index in [0.29, 0.717) is 19.6 Å². The number of hydrogen-bond donors (Lipinski definition) is 9. The van der Waals surface area contributed by atoms with Crippen LogP contribution in [0.5, 0.6) is 0 Å². The van der Waals surface area contributed by atoms with Crippen molar-refractivity contribution in [2.75, 3.05) is 72.4 Å². The summed E-state index contributed by atoms with van der Waals surface area (Å²) in [7, 11) is 0. The first-order chi connectivity index (χ1) is 51.0. The summed E-state index contributed by atoms with van der Waals surface area (Å²) in [6.45, 7) is 16.0. The van der Waals surface area contributed by atoms with Crippen LogP contribution < -0.4 is 100 Å². The minimum absolute atomic E-state index is 0. The third-order valence-electron chi connectivity index (χ3n) is 20.1. The lowest BCUT2D eigenvalue weighted by Crippen LogP contribution is -3.00. The van der Waals surface area contributed by atoms with Crippen LogP contribution in [0, 0.1) is 41.5 Å². The van der Waals surface area contributed by atoms with Crippen molar-refractivity contribution in [1.29, 1.82) is 0 Å². The Balaban J connectivity index is 0.00000415. The van der Waals surface area contributed by atoms with Gasteiger partial charge in [0.15, 0.2) is 0 Å². The molecule has 0 aliphatic carbocycles. The van der Waals surface area contributed by atoms with E-state index >= 15 is 0 Å². The average Bonchev–Trinajstić information content (AvgIpc) is 0.760. The smallest absolute Gasteiger partial charge is 0.251 e. The molecule has 3 heterocycles. The number of aromatic nitrogens is 6. The van der Waals surface area contributed by atoms with Gasteiger partial charge in [0.2, 0.25) is 50.2 Å². The van der Waals surface area contributed by atoms with Crippen molar-refractivity contribution in [3.05, 3.63) is 232 Å². The van der Waals surface area contributed by atoms with Crippen LogP contribution in [-0.4, -0.2) is 71.9 Å². The molecule has 0 bridgehead atoms. The van der Waals surface area contributed by atoms with E-state index in [4.69, 9.17) is 32.2 Å². The minimum atomic E-state index is -0.332. The predicted octanol–water partition coefficient (Wildman–Crippen LogP) is 6.44. The molecular weight excluding hydrogens is 1410 g/mol. The molecule has 0 saturated carbocycles.